The van der Waals surface area contributed by atoms with Crippen molar-refractivity contribution >= 4 is 29.0 Å². The molecule has 1 saturated heterocycles. The molecule has 176 valence electrons. The number of hydrogen-bond donors (Lipinski definition) is 2. The Hall–Kier alpha value is -3.80. The van der Waals surface area contributed by atoms with Crippen LogP contribution in [0.1, 0.15) is 22.3 Å². The van der Waals surface area contributed by atoms with Gasteiger partial charge in [-0.1, -0.05) is 42.0 Å². The average molecular weight is 457 g/mol. The van der Waals surface area contributed by atoms with Crippen molar-refractivity contribution in [2.75, 3.05) is 41.7 Å². The van der Waals surface area contributed by atoms with Crippen LogP contribution in [0.4, 0.5) is 21.9 Å². The van der Waals surface area contributed by atoms with Crippen molar-refractivity contribution in [1.29, 1.82) is 0 Å². The number of nitrogens with one attached hydrogen (secondary N) is 2. The van der Waals surface area contributed by atoms with Gasteiger partial charge in [0.1, 0.15) is 0 Å². The van der Waals surface area contributed by atoms with Gasteiger partial charge in [0.2, 0.25) is 5.91 Å². The number of carbonyl (C=O) groups is 2. The fraction of sp³-hybridized carbons (Fsp3) is 0.286. The number of anilines is 3. The smallest absolute Gasteiger partial charge is 0.323 e. The Morgan fingerprint density at radius 1 is 0.794 bits per heavy atom. The maximum absolute atomic E-state index is 12.7. The van der Waals surface area contributed by atoms with E-state index in [0.29, 0.717) is 19.5 Å². The number of rotatable bonds is 5. The molecule has 1 aliphatic rings. The zero-order valence-electron chi connectivity index (χ0n) is 20.1. The highest BCUT2D eigenvalue weighted by atomic mass is 16.2. The Labute approximate surface area is 201 Å². The second kappa shape index (κ2) is 10.4. The van der Waals surface area contributed by atoms with Gasteiger partial charge in [-0.05, 0) is 67.8 Å². The van der Waals surface area contributed by atoms with Crippen molar-refractivity contribution in [2.24, 2.45) is 0 Å². The summed E-state index contributed by atoms with van der Waals surface area (Å²) in [6.07, 6.45) is 0.456. The lowest BCUT2D eigenvalue weighted by atomic mass is 10.1. The number of urea groups is 1. The highest BCUT2D eigenvalue weighted by Crippen LogP contribution is 2.21. The zero-order chi connectivity index (χ0) is 24.1. The molecule has 0 bridgehead atoms. The summed E-state index contributed by atoms with van der Waals surface area (Å²) in [5, 5.41) is 5.79. The van der Waals surface area contributed by atoms with Gasteiger partial charge < -0.3 is 20.4 Å². The van der Waals surface area contributed by atoms with Crippen molar-refractivity contribution in [1.82, 2.24) is 4.90 Å². The maximum Gasteiger partial charge on any atom is 0.323 e. The van der Waals surface area contributed by atoms with Crippen LogP contribution in [-0.2, 0) is 11.2 Å². The van der Waals surface area contributed by atoms with E-state index in [0.717, 1.165) is 52.4 Å². The van der Waals surface area contributed by atoms with Gasteiger partial charge in [-0.2, -0.15) is 0 Å². The number of hydrogen-bond acceptors (Lipinski definition) is 3. The number of benzene rings is 3. The van der Waals surface area contributed by atoms with Gasteiger partial charge in [0.05, 0.1) is 6.42 Å². The first-order valence-electron chi connectivity index (χ1n) is 11.7. The fourth-order valence-corrected chi connectivity index (χ4v) is 4.29. The molecule has 1 heterocycles. The van der Waals surface area contributed by atoms with E-state index in [1.807, 2.05) is 92.4 Å². The molecule has 1 fully saturated rings. The molecular formula is C28H32N4O2. The predicted molar refractivity (Wildman–Crippen MR) is 139 cm³/mol. The van der Waals surface area contributed by atoms with Crippen LogP contribution in [0.3, 0.4) is 0 Å². The Balaban J connectivity index is 1.27. The Kier molecular flexibility index (Phi) is 7.16. The van der Waals surface area contributed by atoms with E-state index in [1.165, 1.54) is 0 Å². The van der Waals surface area contributed by atoms with Gasteiger partial charge >= 0.3 is 6.03 Å². The molecule has 0 aliphatic carbocycles. The van der Waals surface area contributed by atoms with E-state index < -0.39 is 0 Å². The first-order valence-corrected chi connectivity index (χ1v) is 11.7. The first-order chi connectivity index (χ1) is 16.4. The largest absolute Gasteiger partial charge is 0.368 e. The van der Waals surface area contributed by atoms with Crippen LogP contribution in [0.2, 0.25) is 0 Å². The molecule has 6 nitrogen and oxygen atoms in total. The minimum atomic E-state index is -0.263. The van der Waals surface area contributed by atoms with Gasteiger partial charge in [0.25, 0.3) is 0 Å². The SMILES string of the molecule is Cc1ccc(NC(=O)Nc2ccc(N3CCN(C(=O)Cc4ccccc4C)CC3)cc2)c(C)c1. The second-order valence-corrected chi connectivity index (χ2v) is 8.92. The minimum absolute atomic E-state index is 0.184. The zero-order valence-corrected chi connectivity index (χ0v) is 20.1. The maximum atomic E-state index is 12.7. The molecule has 1 aliphatic heterocycles. The monoisotopic (exact) mass is 456 g/mol. The highest BCUT2D eigenvalue weighted by molar-refractivity contribution is 6.00. The summed E-state index contributed by atoms with van der Waals surface area (Å²) in [6, 6.07) is 21.6. The molecular weight excluding hydrogens is 424 g/mol. The predicted octanol–water partition coefficient (Wildman–Crippen LogP) is 5.15. The number of piperazine rings is 1. The van der Waals surface area contributed by atoms with Crippen molar-refractivity contribution < 1.29 is 9.59 Å². The molecule has 6 heteroatoms. The molecule has 3 amide bonds. The van der Waals surface area contributed by atoms with Crippen LogP contribution in [0.5, 0.6) is 0 Å². The van der Waals surface area contributed by atoms with Gasteiger partial charge in [0, 0.05) is 43.2 Å². The summed E-state index contributed by atoms with van der Waals surface area (Å²) in [7, 11) is 0. The van der Waals surface area contributed by atoms with Gasteiger partial charge in [-0.3, -0.25) is 4.79 Å². The summed E-state index contributed by atoms with van der Waals surface area (Å²) in [5.41, 5.74) is 7.07. The van der Waals surface area contributed by atoms with Gasteiger partial charge in [-0.15, -0.1) is 0 Å². The first kappa shape index (κ1) is 23.4. The van der Waals surface area contributed by atoms with E-state index in [2.05, 4.69) is 15.5 Å². The van der Waals surface area contributed by atoms with E-state index in [4.69, 9.17) is 0 Å². The summed E-state index contributed by atoms with van der Waals surface area (Å²) in [4.78, 5) is 29.4. The van der Waals surface area contributed by atoms with Crippen molar-refractivity contribution in [3.63, 3.8) is 0 Å². The Morgan fingerprint density at radius 2 is 1.50 bits per heavy atom. The quantitative estimate of drug-likeness (QED) is 0.558. The van der Waals surface area contributed by atoms with Crippen molar-refractivity contribution in [2.45, 2.75) is 27.2 Å². The molecule has 0 aromatic heterocycles. The van der Waals surface area contributed by atoms with Crippen molar-refractivity contribution in [3.8, 4) is 0 Å². The van der Waals surface area contributed by atoms with E-state index in [-0.39, 0.29) is 11.9 Å². The van der Waals surface area contributed by atoms with Crippen LogP contribution in [0, 0.1) is 20.8 Å². The van der Waals surface area contributed by atoms with Crippen LogP contribution in [-0.4, -0.2) is 43.0 Å². The number of amides is 3. The third-order valence-electron chi connectivity index (χ3n) is 6.36. The van der Waals surface area contributed by atoms with Crippen molar-refractivity contribution in [3.05, 3.63) is 89.0 Å². The molecule has 0 radical (unpaired) electrons. The van der Waals surface area contributed by atoms with Crippen LogP contribution in [0.15, 0.2) is 66.7 Å². The normalized spacial score (nSPS) is 13.5. The lowest BCUT2D eigenvalue weighted by Gasteiger charge is -2.36. The molecule has 0 atom stereocenters. The standard InChI is InChI=1S/C28H32N4O2/c1-20-8-13-26(22(3)18-20)30-28(34)29-24-9-11-25(12-10-24)31-14-16-32(17-15-31)27(33)19-23-7-5-4-6-21(23)2/h4-13,18H,14-17,19H2,1-3H3,(H2,29,30,34). The molecule has 2 N–H and O–H groups in total. The molecule has 34 heavy (non-hydrogen) atoms. The highest BCUT2D eigenvalue weighted by Gasteiger charge is 2.21. The average Bonchev–Trinajstić information content (AvgIpc) is 2.83. The topological polar surface area (TPSA) is 64.7 Å². The lowest BCUT2D eigenvalue weighted by Crippen LogP contribution is -2.49. The minimum Gasteiger partial charge on any atom is -0.368 e. The van der Waals surface area contributed by atoms with Gasteiger partial charge in [0.15, 0.2) is 0 Å². The third-order valence-corrected chi connectivity index (χ3v) is 6.36. The lowest BCUT2D eigenvalue weighted by molar-refractivity contribution is -0.130. The molecule has 4 rings (SSSR count). The van der Waals surface area contributed by atoms with Crippen LogP contribution >= 0.6 is 0 Å². The molecule has 3 aromatic rings. The molecule has 0 unspecified atom stereocenters. The summed E-state index contributed by atoms with van der Waals surface area (Å²) in [5.74, 6) is 0.184. The van der Waals surface area contributed by atoms with Crippen LogP contribution in [0.25, 0.3) is 0 Å². The molecule has 0 spiro atoms. The molecule has 0 saturated carbocycles. The Morgan fingerprint density at radius 3 is 2.18 bits per heavy atom. The number of aryl methyl sites for hydroxylation is 3. The van der Waals surface area contributed by atoms with Crippen LogP contribution < -0.4 is 15.5 Å². The summed E-state index contributed by atoms with van der Waals surface area (Å²) in [6.45, 7) is 9.06. The van der Waals surface area contributed by atoms with E-state index in [1.54, 1.807) is 0 Å². The fourth-order valence-electron chi connectivity index (χ4n) is 4.29. The van der Waals surface area contributed by atoms with E-state index >= 15 is 0 Å². The number of carbonyl (C=O) groups excluding carboxylic acids is 2. The second-order valence-electron chi connectivity index (χ2n) is 8.92. The van der Waals surface area contributed by atoms with E-state index in [9.17, 15) is 9.59 Å². The Bertz CT molecular complexity index is 1170. The third kappa shape index (κ3) is 5.76. The summed E-state index contributed by atoms with van der Waals surface area (Å²) < 4.78 is 0. The number of nitrogens with zero attached hydrogens (tertiary/aromatic N) is 2. The summed E-state index contributed by atoms with van der Waals surface area (Å²) >= 11 is 0. The van der Waals surface area contributed by atoms with Gasteiger partial charge in [-0.25, -0.2) is 4.79 Å². The molecule has 3 aromatic carbocycles.